The molecule has 0 radical (unpaired) electrons. The van der Waals surface area contributed by atoms with Crippen molar-refractivity contribution in [3.8, 4) is 0 Å². The normalized spacial score (nSPS) is 19.3. The lowest BCUT2D eigenvalue weighted by Crippen LogP contribution is -2.42. The Morgan fingerprint density at radius 2 is 2.19 bits per heavy atom. The van der Waals surface area contributed by atoms with Gasteiger partial charge in [-0.25, -0.2) is 9.97 Å². The van der Waals surface area contributed by atoms with Crippen LogP contribution in [0.3, 0.4) is 0 Å². The predicted octanol–water partition coefficient (Wildman–Crippen LogP) is 0.918. The molecule has 1 aromatic rings. The number of ether oxygens (including phenoxy) is 1. The molecule has 1 aliphatic rings. The van der Waals surface area contributed by atoms with E-state index in [2.05, 4.69) is 9.97 Å². The molecule has 2 rings (SSSR count). The van der Waals surface area contributed by atoms with E-state index in [9.17, 15) is 9.90 Å². The van der Waals surface area contributed by atoms with Gasteiger partial charge in [0.2, 0.25) is 0 Å². The second-order valence-corrected chi connectivity index (χ2v) is 4.02. The van der Waals surface area contributed by atoms with Crippen molar-refractivity contribution >= 4 is 5.97 Å². The number of hydrogen-bond donors (Lipinski definition) is 1. The fraction of sp³-hybridized carbons (Fsp3) is 0.545. The molecule has 86 valence electrons. The maximum atomic E-state index is 11.5. The number of carboxylic acids is 1. The molecule has 16 heavy (non-hydrogen) atoms. The monoisotopic (exact) mass is 222 g/mol. The van der Waals surface area contributed by atoms with E-state index in [1.165, 1.54) is 6.33 Å². The molecule has 1 aromatic heterocycles. The molecule has 5 nitrogen and oxygen atoms in total. The van der Waals surface area contributed by atoms with Crippen LogP contribution >= 0.6 is 0 Å². The van der Waals surface area contributed by atoms with Gasteiger partial charge in [0.05, 0.1) is 0 Å². The molecule has 0 aliphatic carbocycles. The Morgan fingerprint density at radius 1 is 1.50 bits per heavy atom. The van der Waals surface area contributed by atoms with E-state index in [1.807, 2.05) is 6.92 Å². The number of nitrogens with zero attached hydrogens (tertiary/aromatic N) is 2. The van der Waals surface area contributed by atoms with Gasteiger partial charge < -0.3 is 9.84 Å². The summed E-state index contributed by atoms with van der Waals surface area (Å²) in [4.78, 5) is 19.5. The number of carbonyl (C=O) groups is 1. The molecule has 1 aliphatic heterocycles. The zero-order valence-electron chi connectivity index (χ0n) is 9.14. The summed E-state index contributed by atoms with van der Waals surface area (Å²) in [6.07, 6.45) is 4.02. The number of rotatable bonds is 2. The van der Waals surface area contributed by atoms with Gasteiger partial charge in [0, 0.05) is 30.7 Å². The van der Waals surface area contributed by atoms with Gasteiger partial charge in [-0.05, 0) is 19.8 Å². The molecule has 0 amide bonds. The first-order chi connectivity index (χ1) is 7.67. The van der Waals surface area contributed by atoms with Crippen molar-refractivity contribution in [2.75, 3.05) is 13.2 Å². The van der Waals surface area contributed by atoms with E-state index in [0.29, 0.717) is 31.6 Å². The lowest BCUT2D eigenvalue weighted by Gasteiger charge is -2.33. The molecule has 5 heteroatoms. The summed E-state index contributed by atoms with van der Waals surface area (Å²) in [7, 11) is 0. The minimum absolute atomic E-state index is 0.473. The summed E-state index contributed by atoms with van der Waals surface area (Å²) >= 11 is 0. The number of hydrogen-bond acceptors (Lipinski definition) is 4. The van der Waals surface area contributed by atoms with Gasteiger partial charge in [0.25, 0.3) is 0 Å². The third kappa shape index (κ3) is 1.67. The third-order valence-corrected chi connectivity index (χ3v) is 3.18. The van der Waals surface area contributed by atoms with E-state index in [-0.39, 0.29) is 0 Å². The van der Waals surface area contributed by atoms with Crippen LogP contribution < -0.4 is 0 Å². The third-order valence-electron chi connectivity index (χ3n) is 3.18. The number of aliphatic carboxylic acids is 1. The molecule has 2 heterocycles. The van der Waals surface area contributed by atoms with Gasteiger partial charge in [-0.15, -0.1) is 0 Å². The van der Waals surface area contributed by atoms with Crippen molar-refractivity contribution in [1.29, 1.82) is 0 Å². The van der Waals surface area contributed by atoms with E-state index >= 15 is 0 Å². The molecule has 0 bridgehead atoms. The maximum Gasteiger partial charge on any atom is 0.314 e. The molecule has 0 unspecified atom stereocenters. The van der Waals surface area contributed by atoms with E-state index in [1.54, 1.807) is 6.20 Å². The first kappa shape index (κ1) is 11.0. The first-order valence-electron chi connectivity index (χ1n) is 5.25. The average molecular weight is 222 g/mol. The average Bonchev–Trinajstić information content (AvgIpc) is 2.30. The van der Waals surface area contributed by atoms with E-state index in [0.717, 1.165) is 5.69 Å². The van der Waals surface area contributed by atoms with Crippen LogP contribution in [0.15, 0.2) is 12.5 Å². The Bertz CT molecular complexity index is 400. The zero-order chi connectivity index (χ0) is 11.6. The highest BCUT2D eigenvalue weighted by Gasteiger charge is 2.43. The van der Waals surface area contributed by atoms with Crippen molar-refractivity contribution in [1.82, 2.24) is 9.97 Å². The largest absolute Gasteiger partial charge is 0.481 e. The Morgan fingerprint density at radius 3 is 2.75 bits per heavy atom. The van der Waals surface area contributed by atoms with Crippen LogP contribution in [0.2, 0.25) is 0 Å². The minimum Gasteiger partial charge on any atom is -0.481 e. The smallest absolute Gasteiger partial charge is 0.314 e. The molecule has 1 saturated heterocycles. The Hall–Kier alpha value is -1.49. The number of carboxylic acid groups (broad SMARTS) is 1. The maximum absolute atomic E-state index is 11.5. The van der Waals surface area contributed by atoms with Crippen molar-refractivity contribution in [2.45, 2.75) is 25.2 Å². The Balaban J connectivity index is 2.47. The predicted molar refractivity (Wildman–Crippen MR) is 56.1 cm³/mol. The molecule has 0 aromatic carbocycles. The standard InChI is InChI=1S/C11H14N2O3/c1-8-9(6-12-7-13-8)11(10(14)15)2-4-16-5-3-11/h6-7H,2-5H2,1H3,(H,14,15). The second kappa shape index (κ2) is 4.17. The van der Waals surface area contributed by atoms with E-state index in [4.69, 9.17) is 4.74 Å². The van der Waals surface area contributed by atoms with Crippen molar-refractivity contribution in [3.05, 3.63) is 23.8 Å². The SMILES string of the molecule is Cc1ncncc1C1(C(=O)O)CCOCC1. The van der Waals surface area contributed by atoms with Crippen LogP contribution in [0.1, 0.15) is 24.1 Å². The second-order valence-electron chi connectivity index (χ2n) is 4.02. The molecular weight excluding hydrogens is 208 g/mol. The fourth-order valence-electron chi connectivity index (χ4n) is 2.18. The highest BCUT2D eigenvalue weighted by Crippen LogP contribution is 2.35. The van der Waals surface area contributed by atoms with Crippen molar-refractivity contribution in [3.63, 3.8) is 0 Å². The Kier molecular flexibility index (Phi) is 2.87. The van der Waals surface area contributed by atoms with Crippen LogP contribution in [0.25, 0.3) is 0 Å². The van der Waals surface area contributed by atoms with Crippen LogP contribution in [-0.2, 0) is 14.9 Å². The molecule has 1 fully saturated rings. The van der Waals surface area contributed by atoms with Gasteiger partial charge in [0.1, 0.15) is 11.7 Å². The summed E-state index contributed by atoms with van der Waals surface area (Å²) in [6.45, 7) is 2.76. The van der Waals surface area contributed by atoms with Gasteiger partial charge >= 0.3 is 5.97 Å². The fourth-order valence-corrected chi connectivity index (χ4v) is 2.18. The quantitative estimate of drug-likeness (QED) is 0.805. The van der Waals surface area contributed by atoms with Crippen LogP contribution in [-0.4, -0.2) is 34.3 Å². The zero-order valence-corrected chi connectivity index (χ0v) is 9.14. The highest BCUT2D eigenvalue weighted by atomic mass is 16.5. The number of aryl methyl sites for hydroxylation is 1. The molecular formula is C11H14N2O3. The molecule has 0 saturated carbocycles. The van der Waals surface area contributed by atoms with Gasteiger partial charge in [-0.3, -0.25) is 4.79 Å². The summed E-state index contributed by atoms with van der Waals surface area (Å²) in [6, 6.07) is 0. The summed E-state index contributed by atoms with van der Waals surface area (Å²) in [5.41, 5.74) is 0.578. The summed E-state index contributed by atoms with van der Waals surface area (Å²) in [5, 5.41) is 9.46. The van der Waals surface area contributed by atoms with Crippen LogP contribution in [0, 0.1) is 6.92 Å². The van der Waals surface area contributed by atoms with Crippen molar-refractivity contribution < 1.29 is 14.6 Å². The van der Waals surface area contributed by atoms with Crippen LogP contribution in [0.5, 0.6) is 0 Å². The first-order valence-corrected chi connectivity index (χ1v) is 5.25. The van der Waals surface area contributed by atoms with Gasteiger partial charge in [-0.2, -0.15) is 0 Å². The van der Waals surface area contributed by atoms with Crippen molar-refractivity contribution in [2.24, 2.45) is 0 Å². The molecule has 0 atom stereocenters. The van der Waals surface area contributed by atoms with E-state index < -0.39 is 11.4 Å². The topological polar surface area (TPSA) is 72.3 Å². The molecule has 1 N–H and O–H groups in total. The summed E-state index contributed by atoms with van der Waals surface area (Å²) < 4.78 is 5.23. The summed E-state index contributed by atoms with van der Waals surface area (Å²) in [5.74, 6) is -0.811. The lowest BCUT2D eigenvalue weighted by atomic mass is 9.74. The lowest BCUT2D eigenvalue weighted by molar-refractivity contribution is -0.147. The number of aromatic nitrogens is 2. The van der Waals surface area contributed by atoms with Gasteiger partial charge in [-0.1, -0.05) is 0 Å². The van der Waals surface area contributed by atoms with Crippen LogP contribution in [0.4, 0.5) is 0 Å². The van der Waals surface area contributed by atoms with Gasteiger partial charge in [0.15, 0.2) is 0 Å². The minimum atomic E-state index is -0.871. The molecule has 0 spiro atoms. The highest BCUT2D eigenvalue weighted by molar-refractivity contribution is 5.81. The Labute approximate surface area is 93.5 Å².